The van der Waals surface area contributed by atoms with E-state index in [-0.39, 0.29) is 11.3 Å². The Morgan fingerprint density at radius 1 is 1.28 bits per heavy atom. The summed E-state index contributed by atoms with van der Waals surface area (Å²) in [4.78, 5) is 28.1. The summed E-state index contributed by atoms with van der Waals surface area (Å²) in [7, 11) is 3.49. The first kappa shape index (κ1) is 17.0. The lowest BCUT2D eigenvalue weighted by Crippen LogP contribution is -2.15. The first-order valence-electron chi connectivity index (χ1n) is 7.57. The molecule has 0 radical (unpaired) electrons. The fourth-order valence-corrected chi connectivity index (χ4v) is 2.90. The molecule has 1 amide bonds. The van der Waals surface area contributed by atoms with Crippen molar-refractivity contribution in [2.75, 3.05) is 0 Å². The number of carbonyl (C=O) groups is 2. The molecule has 130 valence electrons. The number of hydrogen-bond donors (Lipinski definition) is 1. The molecule has 25 heavy (non-hydrogen) atoms. The van der Waals surface area contributed by atoms with Crippen molar-refractivity contribution < 1.29 is 14.3 Å². The number of aromatic nitrogens is 3. The van der Waals surface area contributed by atoms with Crippen molar-refractivity contribution in [3.05, 3.63) is 52.6 Å². The summed E-state index contributed by atoms with van der Waals surface area (Å²) in [5, 5.41) is 0.588. The molecule has 2 aromatic heterocycles. The van der Waals surface area contributed by atoms with Crippen LogP contribution in [0.25, 0.3) is 11.0 Å². The standard InChI is InChI=1S/C17H17ClN4O3/c1-9(16-20-12-7-11(18)4-5-13(12)22(16)3)25-17(24)14-6-10(15(19)23)8-21(14)2/h4-9H,1-3H3,(H2,19,23)/t9-/m0/s1. The Bertz CT molecular complexity index is 989. The largest absolute Gasteiger partial charge is 0.450 e. The first-order chi connectivity index (χ1) is 11.8. The van der Waals surface area contributed by atoms with Gasteiger partial charge in [-0.2, -0.15) is 0 Å². The quantitative estimate of drug-likeness (QED) is 0.724. The molecule has 1 aromatic carbocycles. The highest BCUT2D eigenvalue weighted by atomic mass is 35.5. The number of aryl methyl sites for hydroxylation is 2. The van der Waals surface area contributed by atoms with E-state index in [2.05, 4.69) is 4.98 Å². The number of primary amides is 1. The molecule has 7 nitrogen and oxygen atoms in total. The smallest absolute Gasteiger partial charge is 0.355 e. The monoisotopic (exact) mass is 360 g/mol. The van der Waals surface area contributed by atoms with Crippen LogP contribution in [-0.4, -0.2) is 26.0 Å². The Morgan fingerprint density at radius 2 is 2.00 bits per heavy atom. The average Bonchev–Trinajstić information content (AvgIpc) is 3.08. The minimum Gasteiger partial charge on any atom is -0.450 e. The fourth-order valence-electron chi connectivity index (χ4n) is 2.73. The van der Waals surface area contributed by atoms with Gasteiger partial charge in [-0.25, -0.2) is 9.78 Å². The Balaban J connectivity index is 1.87. The summed E-state index contributed by atoms with van der Waals surface area (Å²) in [6.45, 7) is 1.73. The highest BCUT2D eigenvalue weighted by Gasteiger charge is 2.22. The number of halogens is 1. The molecule has 0 bridgehead atoms. The van der Waals surface area contributed by atoms with Gasteiger partial charge in [-0.1, -0.05) is 11.6 Å². The van der Waals surface area contributed by atoms with Crippen molar-refractivity contribution in [1.82, 2.24) is 14.1 Å². The number of amides is 1. The predicted molar refractivity (Wildman–Crippen MR) is 93.5 cm³/mol. The van der Waals surface area contributed by atoms with E-state index in [1.807, 2.05) is 17.7 Å². The number of benzene rings is 1. The fraction of sp³-hybridized carbons (Fsp3) is 0.235. The zero-order valence-electron chi connectivity index (χ0n) is 14.0. The number of carbonyl (C=O) groups excluding carboxylic acids is 2. The molecule has 0 spiro atoms. The average molecular weight is 361 g/mol. The summed E-state index contributed by atoms with van der Waals surface area (Å²) < 4.78 is 8.86. The molecule has 2 heterocycles. The molecule has 0 aliphatic heterocycles. The Labute approximate surface area is 148 Å². The van der Waals surface area contributed by atoms with Gasteiger partial charge in [0, 0.05) is 25.3 Å². The molecule has 3 rings (SSSR count). The topological polar surface area (TPSA) is 92.1 Å². The van der Waals surface area contributed by atoms with Crippen LogP contribution in [0.5, 0.6) is 0 Å². The first-order valence-corrected chi connectivity index (χ1v) is 7.94. The predicted octanol–water partition coefficient (Wildman–Crippen LogP) is 2.58. The van der Waals surface area contributed by atoms with Crippen molar-refractivity contribution in [2.45, 2.75) is 13.0 Å². The summed E-state index contributed by atoms with van der Waals surface area (Å²) >= 11 is 5.99. The van der Waals surface area contributed by atoms with Gasteiger partial charge in [0.05, 0.1) is 16.6 Å². The van der Waals surface area contributed by atoms with Crippen molar-refractivity contribution in [3.63, 3.8) is 0 Å². The van der Waals surface area contributed by atoms with Crippen molar-refractivity contribution >= 4 is 34.5 Å². The SMILES string of the molecule is C[C@H](OC(=O)c1cc(C(N)=O)cn1C)c1nc2cc(Cl)ccc2n1C. The van der Waals surface area contributed by atoms with Crippen LogP contribution in [0.2, 0.25) is 5.02 Å². The zero-order chi connectivity index (χ0) is 18.3. The van der Waals surface area contributed by atoms with Crippen LogP contribution in [0.1, 0.15) is 39.7 Å². The van der Waals surface area contributed by atoms with E-state index in [1.54, 1.807) is 26.1 Å². The van der Waals surface area contributed by atoms with E-state index in [1.165, 1.54) is 16.8 Å². The minimum atomic E-state index is -0.602. The molecule has 0 saturated carbocycles. The number of nitrogens with two attached hydrogens (primary N) is 1. The van der Waals surface area contributed by atoms with Gasteiger partial charge in [-0.3, -0.25) is 4.79 Å². The maximum absolute atomic E-state index is 12.4. The van der Waals surface area contributed by atoms with Crippen LogP contribution < -0.4 is 5.73 Å². The van der Waals surface area contributed by atoms with Gasteiger partial charge in [0.15, 0.2) is 11.9 Å². The van der Waals surface area contributed by atoms with E-state index in [0.29, 0.717) is 10.8 Å². The number of nitrogens with zero attached hydrogens (tertiary/aromatic N) is 3. The van der Waals surface area contributed by atoms with Crippen molar-refractivity contribution in [3.8, 4) is 0 Å². The molecule has 0 saturated heterocycles. The third-order valence-corrected chi connectivity index (χ3v) is 4.26. The second-order valence-electron chi connectivity index (χ2n) is 5.80. The van der Waals surface area contributed by atoms with E-state index >= 15 is 0 Å². The third kappa shape index (κ3) is 3.10. The number of esters is 1. The van der Waals surface area contributed by atoms with E-state index < -0.39 is 18.0 Å². The highest BCUT2D eigenvalue weighted by molar-refractivity contribution is 6.31. The molecule has 3 aromatic rings. The molecular weight excluding hydrogens is 344 g/mol. The van der Waals surface area contributed by atoms with Gasteiger partial charge in [0.1, 0.15) is 5.69 Å². The number of rotatable bonds is 4. The minimum absolute atomic E-state index is 0.238. The lowest BCUT2D eigenvalue weighted by molar-refractivity contribution is 0.0304. The molecule has 2 N–H and O–H groups in total. The van der Waals surface area contributed by atoms with Crippen LogP contribution in [0.3, 0.4) is 0 Å². The van der Waals surface area contributed by atoms with Gasteiger partial charge >= 0.3 is 5.97 Å². The third-order valence-electron chi connectivity index (χ3n) is 4.02. The molecular formula is C17H17ClN4O3. The second kappa shape index (κ2) is 6.25. The van der Waals surface area contributed by atoms with Gasteiger partial charge in [-0.05, 0) is 31.2 Å². The molecule has 0 aliphatic rings. The van der Waals surface area contributed by atoms with Crippen LogP contribution in [0.4, 0.5) is 0 Å². The van der Waals surface area contributed by atoms with Gasteiger partial charge in [0.2, 0.25) is 5.91 Å². The maximum Gasteiger partial charge on any atom is 0.355 e. The van der Waals surface area contributed by atoms with Gasteiger partial charge in [0.25, 0.3) is 0 Å². The lowest BCUT2D eigenvalue weighted by Gasteiger charge is -2.13. The molecule has 1 atom stereocenters. The molecule has 0 aliphatic carbocycles. The van der Waals surface area contributed by atoms with Crippen LogP contribution >= 0.6 is 11.6 Å². The second-order valence-corrected chi connectivity index (χ2v) is 6.24. The van der Waals surface area contributed by atoms with Crippen LogP contribution in [-0.2, 0) is 18.8 Å². The Hall–Kier alpha value is -2.80. The summed E-state index contributed by atoms with van der Waals surface area (Å²) in [6, 6.07) is 6.80. The maximum atomic E-state index is 12.4. The molecule has 8 heteroatoms. The van der Waals surface area contributed by atoms with Crippen LogP contribution in [0.15, 0.2) is 30.5 Å². The van der Waals surface area contributed by atoms with Gasteiger partial charge < -0.3 is 19.6 Å². The normalized spacial score (nSPS) is 12.3. The Morgan fingerprint density at radius 3 is 2.64 bits per heavy atom. The Kier molecular flexibility index (Phi) is 4.26. The number of hydrogen-bond acceptors (Lipinski definition) is 4. The summed E-state index contributed by atoms with van der Waals surface area (Å²) in [6.07, 6.45) is 0.899. The van der Waals surface area contributed by atoms with Gasteiger partial charge in [-0.15, -0.1) is 0 Å². The zero-order valence-corrected chi connectivity index (χ0v) is 14.7. The summed E-state index contributed by atoms with van der Waals surface area (Å²) in [5.74, 6) is -0.572. The summed E-state index contributed by atoms with van der Waals surface area (Å²) in [5.41, 5.74) is 7.33. The number of fused-ring (bicyclic) bond motifs is 1. The molecule has 0 unspecified atom stereocenters. The highest BCUT2D eigenvalue weighted by Crippen LogP contribution is 2.25. The van der Waals surface area contributed by atoms with E-state index in [4.69, 9.17) is 22.1 Å². The lowest BCUT2D eigenvalue weighted by atomic mass is 10.3. The van der Waals surface area contributed by atoms with Crippen molar-refractivity contribution in [1.29, 1.82) is 0 Å². The molecule has 0 fully saturated rings. The van der Waals surface area contributed by atoms with E-state index in [0.717, 1.165) is 11.0 Å². The van der Waals surface area contributed by atoms with Crippen molar-refractivity contribution in [2.24, 2.45) is 19.8 Å². The van der Waals surface area contributed by atoms with E-state index in [9.17, 15) is 9.59 Å². The number of imidazole rings is 1. The van der Waals surface area contributed by atoms with Crippen LogP contribution in [0, 0.1) is 0 Å². The number of ether oxygens (including phenoxy) is 1.